The van der Waals surface area contributed by atoms with Gasteiger partial charge in [0, 0.05) is 11.5 Å². The molecule has 1 atom stereocenters. The van der Waals surface area contributed by atoms with Crippen LogP contribution in [-0.2, 0) is 4.79 Å². The molecule has 0 unspecified atom stereocenters. The predicted molar refractivity (Wildman–Crippen MR) is 86.4 cm³/mol. The molecule has 6 heteroatoms. The molecule has 3 rings (SSSR count). The predicted octanol–water partition coefficient (Wildman–Crippen LogP) is 2.30. The first-order chi connectivity index (χ1) is 11.0. The summed E-state index contributed by atoms with van der Waals surface area (Å²) in [6.07, 6.45) is 1.58. The van der Waals surface area contributed by atoms with Gasteiger partial charge in [-0.1, -0.05) is 17.7 Å². The summed E-state index contributed by atoms with van der Waals surface area (Å²) in [6, 6.07) is 8.04. The van der Waals surface area contributed by atoms with Gasteiger partial charge in [0.25, 0.3) is 0 Å². The quantitative estimate of drug-likeness (QED) is 0.936. The normalized spacial score (nSPS) is 18.0. The molecule has 1 aliphatic heterocycles. The molecule has 1 aromatic carbocycles. The molecule has 23 heavy (non-hydrogen) atoms. The van der Waals surface area contributed by atoms with Crippen molar-refractivity contribution in [3.05, 3.63) is 35.7 Å². The second-order valence-corrected chi connectivity index (χ2v) is 6.20. The highest BCUT2D eigenvalue weighted by Gasteiger charge is 2.28. The lowest BCUT2D eigenvalue weighted by Gasteiger charge is -2.33. The number of primary amides is 1. The van der Waals surface area contributed by atoms with Crippen molar-refractivity contribution in [2.24, 2.45) is 11.7 Å². The summed E-state index contributed by atoms with van der Waals surface area (Å²) in [6.45, 7) is 5.72. The van der Waals surface area contributed by atoms with Crippen LogP contribution in [0.25, 0.3) is 11.5 Å². The molecule has 1 fully saturated rings. The van der Waals surface area contributed by atoms with Gasteiger partial charge < -0.3 is 10.2 Å². The second kappa shape index (κ2) is 6.50. The van der Waals surface area contributed by atoms with Crippen LogP contribution in [0, 0.1) is 12.8 Å². The van der Waals surface area contributed by atoms with Gasteiger partial charge >= 0.3 is 0 Å². The number of amides is 1. The van der Waals surface area contributed by atoms with Gasteiger partial charge in [0.2, 0.25) is 17.7 Å². The van der Waals surface area contributed by atoms with Crippen molar-refractivity contribution in [3.8, 4) is 11.5 Å². The Morgan fingerprint density at radius 3 is 2.74 bits per heavy atom. The standard InChI is InChI=1S/C17H22N4O2/c1-11-4-3-5-14(10-11)17-20-19-16(23-17)12(2)21-8-6-13(7-9-21)15(18)22/h3-5,10,12-13H,6-9H2,1-2H3,(H2,18,22)/t12-/m1/s1. The Kier molecular flexibility index (Phi) is 4.43. The van der Waals surface area contributed by atoms with Gasteiger partial charge in [-0.05, 0) is 51.9 Å². The van der Waals surface area contributed by atoms with Crippen LogP contribution in [0.5, 0.6) is 0 Å². The second-order valence-electron chi connectivity index (χ2n) is 6.20. The Morgan fingerprint density at radius 1 is 1.35 bits per heavy atom. The molecule has 1 amide bonds. The number of hydrogen-bond acceptors (Lipinski definition) is 5. The third-order valence-electron chi connectivity index (χ3n) is 4.54. The van der Waals surface area contributed by atoms with Crippen molar-refractivity contribution in [2.45, 2.75) is 32.7 Å². The summed E-state index contributed by atoms with van der Waals surface area (Å²) in [5.41, 5.74) is 7.47. The van der Waals surface area contributed by atoms with Gasteiger partial charge in [-0.15, -0.1) is 10.2 Å². The maximum absolute atomic E-state index is 11.3. The SMILES string of the molecule is Cc1cccc(-c2nnc([C@@H](C)N3CCC(C(N)=O)CC3)o2)c1. The number of aromatic nitrogens is 2. The lowest BCUT2D eigenvalue weighted by atomic mass is 9.95. The molecule has 2 heterocycles. The lowest BCUT2D eigenvalue weighted by Crippen LogP contribution is -2.39. The van der Waals surface area contributed by atoms with Gasteiger partial charge in [-0.3, -0.25) is 9.69 Å². The largest absolute Gasteiger partial charge is 0.419 e. The fourth-order valence-corrected chi connectivity index (χ4v) is 3.03. The van der Waals surface area contributed by atoms with E-state index >= 15 is 0 Å². The zero-order valence-electron chi connectivity index (χ0n) is 13.5. The number of carbonyl (C=O) groups excluding carboxylic acids is 1. The summed E-state index contributed by atoms with van der Waals surface area (Å²) in [4.78, 5) is 13.5. The summed E-state index contributed by atoms with van der Waals surface area (Å²) < 4.78 is 5.86. The summed E-state index contributed by atoms with van der Waals surface area (Å²) in [7, 11) is 0. The number of likely N-dealkylation sites (tertiary alicyclic amines) is 1. The minimum absolute atomic E-state index is 0.0102. The molecular weight excluding hydrogens is 292 g/mol. The van der Waals surface area contributed by atoms with E-state index in [1.165, 1.54) is 0 Å². The van der Waals surface area contributed by atoms with E-state index in [1.54, 1.807) is 0 Å². The van der Waals surface area contributed by atoms with Crippen molar-refractivity contribution >= 4 is 5.91 Å². The maximum atomic E-state index is 11.3. The Hall–Kier alpha value is -2.21. The van der Waals surface area contributed by atoms with E-state index < -0.39 is 0 Å². The maximum Gasteiger partial charge on any atom is 0.247 e. The molecule has 2 aromatic rings. The van der Waals surface area contributed by atoms with Gasteiger partial charge in [0.05, 0.1) is 6.04 Å². The topological polar surface area (TPSA) is 85.3 Å². The van der Waals surface area contributed by atoms with Gasteiger partial charge in [0.15, 0.2) is 0 Å². The third kappa shape index (κ3) is 3.42. The first kappa shape index (κ1) is 15.7. The average Bonchev–Trinajstić information content (AvgIpc) is 3.04. The number of aryl methyl sites for hydroxylation is 1. The molecule has 6 nitrogen and oxygen atoms in total. The fraction of sp³-hybridized carbons (Fsp3) is 0.471. The van der Waals surface area contributed by atoms with Crippen LogP contribution in [0.15, 0.2) is 28.7 Å². The van der Waals surface area contributed by atoms with Crippen LogP contribution in [0.1, 0.15) is 37.3 Å². The van der Waals surface area contributed by atoms with E-state index in [0.717, 1.165) is 37.1 Å². The van der Waals surface area contributed by atoms with Gasteiger partial charge in [0.1, 0.15) is 0 Å². The van der Waals surface area contributed by atoms with Gasteiger partial charge in [-0.25, -0.2) is 0 Å². The smallest absolute Gasteiger partial charge is 0.247 e. The number of benzene rings is 1. The number of piperidine rings is 1. The highest BCUT2D eigenvalue weighted by molar-refractivity contribution is 5.76. The van der Waals surface area contributed by atoms with E-state index in [0.29, 0.717) is 11.8 Å². The third-order valence-corrected chi connectivity index (χ3v) is 4.54. The van der Waals surface area contributed by atoms with E-state index in [9.17, 15) is 4.79 Å². The average molecular weight is 314 g/mol. The van der Waals surface area contributed by atoms with Crippen LogP contribution >= 0.6 is 0 Å². The summed E-state index contributed by atoms with van der Waals surface area (Å²) in [5, 5.41) is 8.37. The van der Waals surface area contributed by atoms with Crippen LogP contribution in [-0.4, -0.2) is 34.1 Å². The molecule has 0 saturated carbocycles. The molecule has 1 aliphatic rings. The van der Waals surface area contributed by atoms with E-state index in [2.05, 4.69) is 22.0 Å². The van der Waals surface area contributed by atoms with Crippen molar-refractivity contribution < 1.29 is 9.21 Å². The minimum atomic E-state index is -0.197. The first-order valence-corrected chi connectivity index (χ1v) is 7.98. The molecule has 1 aromatic heterocycles. The monoisotopic (exact) mass is 314 g/mol. The highest BCUT2D eigenvalue weighted by Crippen LogP contribution is 2.28. The van der Waals surface area contributed by atoms with Crippen molar-refractivity contribution in [1.82, 2.24) is 15.1 Å². The number of hydrogen-bond donors (Lipinski definition) is 1. The molecule has 2 N–H and O–H groups in total. The van der Waals surface area contributed by atoms with Gasteiger partial charge in [-0.2, -0.15) is 0 Å². The number of nitrogens with zero attached hydrogens (tertiary/aromatic N) is 3. The Bertz CT molecular complexity index is 689. The number of rotatable bonds is 4. The minimum Gasteiger partial charge on any atom is -0.419 e. The molecule has 0 aliphatic carbocycles. The number of nitrogens with two attached hydrogens (primary N) is 1. The first-order valence-electron chi connectivity index (χ1n) is 7.98. The number of carbonyl (C=O) groups is 1. The fourth-order valence-electron chi connectivity index (χ4n) is 3.03. The van der Waals surface area contributed by atoms with E-state index in [-0.39, 0.29) is 17.9 Å². The zero-order chi connectivity index (χ0) is 16.4. The van der Waals surface area contributed by atoms with Crippen LogP contribution < -0.4 is 5.73 Å². The lowest BCUT2D eigenvalue weighted by molar-refractivity contribution is -0.123. The Morgan fingerprint density at radius 2 is 2.09 bits per heavy atom. The Labute approximate surface area is 135 Å². The summed E-state index contributed by atoms with van der Waals surface area (Å²) >= 11 is 0. The Balaban J connectivity index is 1.69. The molecule has 0 spiro atoms. The molecular formula is C17H22N4O2. The van der Waals surface area contributed by atoms with Crippen LogP contribution in [0.2, 0.25) is 0 Å². The highest BCUT2D eigenvalue weighted by atomic mass is 16.4. The van der Waals surface area contributed by atoms with Crippen LogP contribution in [0.3, 0.4) is 0 Å². The molecule has 1 saturated heterocycles. The summed E-state index contributed by atoms with van der Waals surface area (Å²) in [5.74, 6) is 0.947. The molecule has 0 radical (unpaired) electrons. The van der Waals surface area contributed by atoms with Crippen LogP contribution in [0.4, 0.5) is 0 Å². The molecule has 0 bridgehead atoms. The van der Waals surface area contributed by atoms with E-state index in [4.69, 9.17) is 10.2 Å². The molecule has 122 valence electrons. The van der Waals surface area contributed by atoms with Crippen molar-refractivity contribution in [1.29, 1.82) is 0 Å². The van der Waals surface area contributed by atoms with Crippen molar-refractivity contribution in [2.75, 3.05) is 13.1 Å². The zero-order valence-corrected chi connectivity index (χ0v) is 13.5. The van der Waals surface area contributed by atoms with Crippen molar-refractivity contribution in [3.63, 3.8) is 0 Å². The van der Waals surface area contributed by atoms with E-state index in [1.807, 2.05) is 31.2 Å².